The molecule has 0 saturated carbocycles. The molecule has 3 rings (SSSR count). The summed E-state index contributed by atoms with van der Waals surface area (Å²) in [5.41, 5.74) is 3.14. The number of nitrogens with one attached hydrogen (secondary N) is 2. The highest BCUT2D eigenvalue weighted by molar-refractivity contribution is 5.76. The second-order valence-electron chi connectivity index (χ2n) is 6.92. The Kier molecular flexibility index (Phi) is 5.91. The fraction of sp³-hybridized carbons (Fsp3) is 0.579. The molecule has 2 aromatic rings. The highest BCUT2D eigenvalue weighted by atomic mass is 16.5. The van der Waals surface area contributed by atoms with Crippen LogP contribution in [0.4, 0.5) is 4.79 Å². The molecule has 1 fully saturated rings. The van der Waals surface area contributed by atoms with Crippen molar-refractivity contribution in [1.29, 1.82) is 0 Å². The summed E-state index contributed by atoms with van der Waals surface area (Å²) in [6, 6.07) is 6.05. The lowest BCUT2D eigenvalue weighted by atomic mass is 10.1. The van der Waals surface area contributed by atoms with E-state index in [-0.39, 0.29) is 6.03 Å². The van der Waals surface area contributed by atoms with Gasteiger partial charge in [0.15, 0.2) is 0 Å². The van der Waals surface area contributed by atoms with Crippen LogP contribution in [0.5, 0.6) is 0 Å². The summed E-state index contributed by atoms with van der Waals surface area (Å²) in [6.45, 7) is 4.14. The van der Waals surface area contributed by atoms with Gasteiger partial charge in [0.2, 0.25) is 0 Å². The normalized spacial score (nSPS) is 17.1. The number of hydrogen-bond acceptors (Lipinski definition) is 3. The van der Waals surface area contributed by atoms with E-state index in [0.717, 1.165) is 42.7 Å². The molecule has 0 radical (unpaired) electrons. The summed E-state index contributed by atoms with van der Waals surface area (Å²) in [7, 11) is 1.79. The summed E-state index contributed by atoms with van der Waals surface area (Å²) in [4.78, 5) is 21.7. The lowest BCUT2D eigenvalue weighted by molar-refractivity contribution is 0.102. The van der Waals surface area contributed by atoms with Crippen LogP contribution in [0.2, 0.25) is 0 Å². The Morgan fingerprint density at radius 2 is 2.32 bits per heavy atom. The molecule has 1 aromatic carbocycles. The summed E-state index contributed by atoms with van der Waals surface area (Å²) >= 11 is 0. The number of ether oxygens (including phenoxy) is 1. The number of urea groups is 1. The van der Waals surface area contributed by atoms with Gasteiger partial charge in [-0.3, -0.25) is 0 Å². The highest BCUT2D eigenvalue weighted by Crippen LogP contribution is 2.17. The van der Waals surface area contributed by atoms with Gasteiger partial charge in [-0.15, -0.1) is 0 Å². The van der Waals surface area contributed by atoms with E-state index in [9.17, 15) is 4.79 Å². The van der Waals surface area contributed by atoms with Crippen molar-refractivity contribution in [1.82, 2.24) is 20.2 Å². The number of aryl methyl sites for hydroxylation is 1. The number of imidazole rings is 1. The molecule has 0 unspecified atom stereocenters. The molecule has 6 nitrogen and oxygen atoms in total. The van der Waals surface area contributed by atoms with Crippen molar-refractivity contribution in [3.63, 3.8) is 0 Å². The van der Waals surface area contributed by atoms with E-state index >= 15 is 0 Å². The van der Waals surface area contributed by atoms with Crippen LogP contribution in [0.3, 0.4) is 0 Å². The topological polar surface area (TPSA) is 70.2 Å². The SMILES string of the molecule is Cc1ccc2nc(CN(C)C(=O)NCCCC[C@@H]3CCCO3)[nH]c2c1. The molecule has 1 saturated heterocycles. The van der Waals surface area contributed by atoms with Gasteiger partial charge in [0.25, 0.3) is 0 Å². The molecular weight excluding hydrogens is 316 g/mol. The lowest BCUT2D eigenvalue weighted by Gasteiger charge is -2.16. The predicted molar refractivity (Wildman–Crippen MR) is 98.5 cm³/mol. The summed E-state index contributed by atoms with van der Waals surface area (Å²) < 4.78 is 5.61. The number of carbonyl (C=O) groups is 1. The number of carbonyl (C=O) groups excluding carboxylic acids is 1. The van der Waals surface area contributed by atoms with E-state index in [1.165, 1.54) is 18.4 Å². The van der Waals surface area contributed by atoms with Gasteiger partial charge in [-0.25, -0.2) is 9.78 Å². The molecule has 0 aliphatic carbocycles. The van der Waals surface area contributed by atoms with E-state index in [0.29, 0.717) is 19.2 Å². The Labute approximate surface area is 149 Å². The maximum Gasteiger partial charge on any atom is 0.317 e. The standard InChI is InChI=1S/C19H28N4O2/c1-14-8-9-16-17(12-14)22-18(21-16)13-23(2)19(24)20-10-4-3-6-15-7-5-11-25-15/h8-9,12,15H,3-7,10-11,13H2,1-2H3,(H,20,24)(H,21,22)/t15-/m1/s1. The molecule has 136 valence electrons. The smallest absolute Gasteiger partial charge is 0.317 e. The van der Waals surface area contributed by atoms with Crippen LogP contribution < -0.4 is 5.32 Å². The predicted octanol–water partition coefficient (Wildman–Crippen LogP) is 3.36. The molecule has 1 atom stereocenters. The number of aromatic amines is 1. The number of rotatable bonds is 7. The molecule has 0 bridgehead atoms. The molecule has 1 aromatic heterocycles. The summed E-state index contributed by atoms with van der Waals surface area (Å²) in [5.74, 6) is 0.802. The van der Waals surface area contributed by atoms with Gasteiger partial charge in [0.1, 0.15) is 5.82 Å². The molecule has 2 N–H and O–H groups in total. The molecule has 25 heavy (non-hydrogen) atoms. The van der Waals surface area contributed by atoms with Gasteiger partial charge in [-0.2, -0.15) is 0 Å². The maximum absolute atomic E-state index is 12.2. The second-order valence-corrected chi connectivity index (χ2v) is 6.92. The van der Waals surface area contributed by atoms with E-state index in [1.807, 2.05) is 12.1 Å². The first-order valence-electron chi connectivity index (χ1n) is 9.17. The Balaban J connectivity index is 1.39. The first-order chi connectivity index (χ1) is 12.1. The van der Waals surface area contributed by atoms with E-state index in [2.05, 4.69) is 28.3 Å². The van der Waals surface area contributed by atoms with Crippen LogP contribution in [0.15, 0.2) is 18.2 Å². The van der Waals surface area contributed by atoms with Gasteiger partial charge in [0, 0.05) is 20.2 Å². The van der Waals surface area contributed by atoms with Gasteiger partial charge >= 0.3 is 6.03 Å². The molecule has 0 spiro atoms. The Bertz CT molecular complexity index is 707. The van der Waals surface area contributed by atoms with Crippen molar-refractivity contribution in [2.45, 2.75) is 51.7 Å². The second kappa shape index (κ2) is 8.34. The minimum atomic E-state index is -0.0613. The van der Waals surface area contributed by atoms with Crippen LogP contribution in [0.25, 0.3) is 11.0 Å². The van der Waals surface area contributed by atoms with Crippen LogP contribution in [-0.2, 0) is 11.3 Å². The molecule has 1 aliphatic rings. The zero-order valence-electron chi connectivity index (χ0n) is 15.2. The fourth-order valence-corrected chi connectivity index (χ4v) is 3.25. The number of unbranched alkanes of at least 4 members (excludes halogenated alkanes) is 1. The Hall–Kier alpha value is -2.08. The number of hydrogen-bond donors (Lipinski definition) is 2. The van der Waals surface area contributed by atoms with Crippen LogP contribution in [0.1, 0.15) is 43.5 Å². The number of aromatic nitrogens is 2. The average Bonchev–Trinajstić information content (AvgIpc) is 3.23. The number of benzene rings is 1. The van der Waals surface area contributed by atoms with E-state index in [1.54, 1.807) is 11.9 Å². The number of fused-ring (bicyclic) bond motifs is 1. The quantitative estimate of drug-likeness (QED) is 0.757. The minimum absolute atomic E-state index is 0.0613. The van der Waals surface area contributed by atoms with Crippen molar-refractivity contribution < 1.29 is 9.53 Å². The zero-order chi connectivity index (χ0) is 17.6. The third-order valence-corrected chi connectivity index (χ3v) is 4.67. The lowest BCUT2D eigenvalue weighted by Crippen LogP contribution is -2.37. The van der Waals surface area contributed by atoms with Gasteiger partial charge in [0.05, 0.1) is 23.7 Å². The van der Waals surface area contributed by atoms with Crippen LogP contribution in [-0.4, -0.2) is 47.2 Å². The molecule has 6 heteroatoms. The maximum atomic E-state index is 12.2. The van der Waals surface area contributed by atoms with E-state index in [4.69, 9.17) is 4.74 Å². The largest absolute Gasteiger partial charge is 0.378 e. The van der Waals surface area contributed by atoms with Crippen molar-refractivity contribution in [2.75, 3.05) is 20.2 Å². The summed E-state index contributed by atoms with van der Waals surface area (Å²) in [5, 5.41) is 2.98. The van der Waals surface area contributed by atoms with Gasteiger partial charge in [-0.05, 0) is 56.7 Å². The van der Waals surface area contributed by atoms with Crippen LogP contribution in [0, 0.1) is 6.92 Å². The fourth-order valence-electron chi connectivity index (χ4n) is 3.25. The Morgan fingerprint density at radius 1 is 1.44 bits per heavy atom. The monoisotopic (exact) mass is 344 g/mol. The van der Waals surface area contributed by atoms with Gasteiger partial charge < -0.3 is 19.9 Å². The molecule has 2 amide bonds. The van der Waals surface area contributed by atoms with Gasteiger partial charge in [-0.1, -0.05) is 6.07 Å². The minimum Gasteiger partial charge on any atom is -0.378 e. The Morgan fingerprint density at radius 3 is 3.12 bits per heavy atom. The average molecular weight is 344 g/mol. The summed E-state index contributed by atoms with van der Waals surface area (Å²) in [6.07, 6.45) is 6.00. The van der Waals surface area contributed by atoms with E-state index < -0.39 is 0 Å². The third-order valence-electron chi connectivity index (χ3n) is 4.67. The number of nitrogens with zero attached hydrogens (tertiary/aromatic N) is 2. The first kappa shape index (κ1) is 17.7. The van der Waals surface area contributed by atoms with Crippen molar-refractivity contribution in [3.8, 4) is 0 Å². The molecule has 1 aliphatic heterocycles. The van der Waals surface area contributed by atoms with Crippen LogP contribution >= 0.6 is 0 Å². The molecule has 2 heterocycles. The zero-order valence-corrected chi connectivity index (χ0v) is 15.2. The third kappa shape index (κ3) is 4.95. The number of H-pyrrole nitrogens is 1. The first-order valence-corrected chi connectivity index (χ1v) is 9.17. The van der Waals surface area contributed by atoms with Crippen molar-refractivity contribution in [2.24, 2.45) is 0 Å². The molecular formula is C19H28N4O2. The van der Waals surface area contributed by atoms with Crippen molar-refractivity contribution >= 4 is 17.1 Å². The van der Waals surface area contributed by atoms with Crippen molar-refractivity contribution in [3.05, 3.63) is 29.6 Å². The highest BCUT2D eigenvalue weighted by Gasteiger charge is 2.15. The number of amides is 2.